The van der Waals surface area contributed by atoms with E-state index in [1.165, 1.54) is 0 Å². The molecule has 0 aromatic rings. The average molecular weight is 238 g/mol. The van der Waals surface area contributed by atoms with E-state index in [0.717, 1.165) is 0 Å². The van der Waals surface area contributed by atoms with E-state index >= 15 is 0 Å². The van der Waals surface area contributed by atoms with Gasteiger partial charge in [-0.1, -0.05) is 0 Å². The largest absolute Gasteiger partial charge is 0.396 e. The molecule has 0 aromatic carbocycles. The second kappa shape index (κ2) is 6.45. The van der Waals surface area contributed by atoms with Gasteiger partial charge in [0.05, 0.1) is 13.2 Å². The lowest BCUT2D eigenvalue weighted by Crippen LogP contribution is -2.59. The summed E-state index contributed by atoms with van der Waals surface area (Å²) in [6.45, 7) is -0.387. The molecule has 5 atom stereocenters. The first-order valence-electron chi connectivity index (χ1n) is 5.14. The van der Waals surface area contributed by atoms with Gasteiger partial charge in [0.2, 0.25) is 0 Å². The van der Waals surface area contributed by atoms with E-state index in [2.05, 4.69) is 0 Å². The molecule has 5 N–H and O–H groups in total. The normalized spacial score (nSPS) is 39.9. The SMILES string of the molecule is OCCCO[C@@H]1O[C@H](CO)[C@H](O)[C@H](O)[C@H]1O. The van der Waals surface area contributed by atoms with Crippen molar-refractivity contribution in [3.63, 3.8) is 0 Å². The summed E-state index contributed by atoms with van der Waals surface area (Å²) in [7, 11) is 0. The molecule has 1 saturated heterocycles. The zero-order valence-corrected chi connectivity index (χ0v) is 8.77. The van der Waals surface area contributed by atoms with Gasteiger partial charge in [-0.25, -0.2) is 0 Å². The van der Waals surface area contributed by atoms with Crippen molar-refractivity contribution in [3.05, 3.63) is 0 Å². The number of aliphatic hydroxyl groups excluding tert-OH is 5. The molecule has 1 fully saturated rings. The Morgan fingerprint density at radius 2 is 1.69 bits per heavy atom. The molecular formula is C9H18O7. The van der Waals surface area contributed by atoms with E-state index in [1.807, 2.05) is 0 Å². The third-order valence-corrected chi connectivity index (χ3v) is 2.43. The van der Waals surface area contributed by atoms with Gasteiger partial charge in [0.1, 0.15) is 24.4 Å². The highest BCUT2D eigenvalue weighted by Crippen LogP contribution is 2.21. The number of rotatable bonds is 5. The number of hydrogen-bond acceptors (Lipinski definition) is 7. The van der Waals surface area contributed by atoms with Gasteiger partial charge in [-0.3, -0.25) is 0 Å². The molecule has 1 rings (SSSR count). The molecule has 0 aromatic heterocycles. The van der Waals surface area contributed by atoms with Crippen LogP contribution in [0.2, 0.25) is 0 Å². The highest BCUT2D eigenvalue weighted by Gasteiger charge is 2.43. The maximum Gasteiger partial charge on any atom is 0.186 e. The van der Waals surface area contributed by atoms with Crippen molar-refractivity contribution >= 4 is 0 Å². The Kier molecular flexibility index (Phi) is 5.56. The summed E-state index contributed by atoms with van der Waals surface area (Å²) in [4.78, 5) is 0. The van der Waals surface area contributed by atoms with E-state index in [4.69, 9.17) is 19.7 Å². The van der Waals surface area contributed by atoms with Crippen LogP contribution in [0.25, 0.3) is 0 Å². The van der Waals surface area contributed by atoms with Gasteiger partial charge in [-0.15, -0.1) is 0 Å². The lowest BCUT2D eigenvalue weighted by atomic mass is 9.99. The Labute approximate surface area is 92.9 Å². The minimum Gasteiger partial charge on any atom is -0.396 e. The average Bonchev–Trinajstić information content (AvgIpc) is 2.29. The predicted molar refractivity (Wildman–Crippen MR) is 51.4 cm³/mol. The van der Waals surface area contributed by atoms with E-state index in [9.17, 15) is 15.3 Å². The molecule has 7 heteroatoms. The molecule has 1 heterocycles. The third-order valence-electron chi connectivity index (χ3n) is 2.43. The Balaban J connectivity index is 2.50. The summed E-state index contributed by atoms with van der Waals surface area (Å²) >= 11 is 0. The van der Waals surface area contributed by atoms with E-state index in [1.54, 1.807) is 0 Å². The topological polar surface area (TPSA) is 120 Å². The predicted octanol–water partition coefficient (Wildman–Crippen LogP) is -2.81. The van der Waals surface area contributed by atoms with E-state index in [-0.39, 0.29) is 13.2 Å². The maximum atomic E-state index is 9.52. The molecule has 0 aliphatic carbocycles. The van der Waals surface area contributed by atoms with Gasteiger partial charge >= 0.3 is 0 Å². The summed E-state index contributed by atoms with van der Waals surface area (Å²) < 4.78 is 10.1. The third kappa shape index (κ3) is 3.11. The van der Waals surface area contributed by atoms with Gasteiger partial charge in [-0.2, -0.15) is 0 Å². The van der Waals surface area contributed by atoms with Crippen LogP contribution in [0.3, 0.4) is 0 Å². The standard InChI is InChI=1S/C9H18O7/c10-2-1-3-15-9-8(14)7(13)6(12)5(4-11)16-9/h5-14H,1-4H2/t5-,6+,7+,8-,9-/m1/s1. The fourth-order valence-electron chi connectivity index (χ4n) is 1.47. The van der Waals surface area contributed by atoms with Gasteiger partial charge in [0.15, 0.2) is 6.29 Å². The minimum atomic E-state index is -1.43. The molecule has 16 heavy (non-hydrogen) atoms. The van der Waals surface area contributed by atoms with Crippen LogP contribution < -0.4 is 0 Å². The molecule has 0 radical (unpaired) electrons. The summed E-state index contributed by atoms with van der Waals surface area (Å²) in [5.74, 6) is 0. The first kappa shape index (κ1) is 13.8. The van der Waals surface area contributed by atoms with Crippen LogP contribution in [0.15, 0.2) is 0 Å². The van der Waals surface area contributed by atoms with Crippen LogP contribution in [-0.4, -0.2) is 76.1 Å². The zero-order chi connectivity index (χ0) is 12.1. The maximum absolute atomic E-state index is 9.52. The Bertz CT molecular complexity index is 198. The smallest absolute Gasteiger partial charge is 0.186 e. The second-order valence-electron chi connectivity index (χ2n) is 3.65. The number of ether oxygens (including phenoxy) is 2. The van der Waals surface area contributed by atoms with Crippen molar-refractivity contribution in [1.82, 2.24) is 0 Å². The van der Waals surface area contributed by atoms with Crippen LogP contribution in [0.1, 0.15) is 6.42 Å². The van der Waals surface area contributed by atoms with Crippen LogP contribution in [0.4, 0.5) is 0 Å². The van der Waals surface area contributed by atoms with E-state index < -0.39 is 37.3 Å². The molecule has 96 valence electrons. The second-order valence-corrected chi connectivity index (χ2v) is 3.65. The van der Waals surface area contributed by atoms with Crippen molar-refractivity contribution in [3.8, 4) is 0 Å². The monoisotopic (exact) mass is 238 g/mol. The summed E-state index contributed by atoms with van der Waals surface area (Å²) in [5.41, 5.74) is 0. The first-order valence-corrected chi connectivity index (χ1v) is 5.14. The van der Waals surface area contributed by atoms with Crippen molar-refractivity contribution in [2.45, 2.75) is 37.1 Å². The minimum absolute atomic E-state index is 0.0581. The Hall–Kier alpha value is -0.280. The van der Waals surface area contributed by atoms with E-state index in [0.29, 0.717) is 6.42 Å². The fraction of sp³-hybridized carbons (Fsp3) is 1.00. The lowest BCUT2D eigenvalue weighted by molar-refractivity contribution is -0.301. The molecule has 1 aliphatic rings. The number of hydrogen-bond donors (Lipinski definition) is 5. The molecule has 0 unspecified atom stereocenters. The van der Waals surface area contributed by atoms with Gasteiger partial charge in [0.25, 0.3) is 0 Å². The van der Waals surface area contributed by atoms with Crippen LogP contribution in [0.5, 0.6) is 0 Å². The summed E-state index contributed by atoms with van der Waals surface area (Å²) in [5, 5.41) is 45.8. The highest BCUT2D eigenvalue weighted by molar-refractivity contribution is 4.88. The van der Waals surface area contributed by atoms with Gasteiger partial charge in [0, 0.05) is 6.61 Å². The fourth-order valence-corrected chi connectivity index (χ4v) is 1.47. The number of aliphatic hydroxyl groups is 5. The molecule has 7 nitrogen and oxygen atoms in total. The molecule has 0 bridgehead atoms. The summed E-state index contributed by atoms with van der Waals surface area (Å²) in [6, 6.07) is 0. The van der Waals surface area contributed by atoms with Gasteiger partial charge in [-0.05, 0) is 6.42 Å². The Morgan fingerprint density at radius 1 is 1.00 bits per heavy atom. The molecule has 1 aliphatic heterocycles. The van der Waals surface area contributed by atoms with Crippen molar-refractivity contribution in [1.29, 1.82) is 0 Å². The van der Waals surface area contributed by atoms with Gasteiger partial charge < -0.3 is 35.0 Å². The van der Waals surface area contributed by atoms with Crippen molar-refractivity contribution < 1.29 is 35.0 Å². The summed E-state index contributed by atoms with van der Waals surface area (Å²) in [6.07, 6.45) is -5.88. The molecule has 0 spiro atoms. The molecule has 0 saturated carbocycles. The van der Waals surface area contributed by atoms with Crippen LogP contribution in [-0.2, 0) is 9.47 Å². The van der Waals surface area contributed by atoms with Crippen LogP contribution in [0, 0.1) is 0 Å². The van der Waals surface area contributed by atoms with Crippen molar-refractivity contribution in [2.24, 2.45) is 0 Å². The highest BCUT2D eigenvalue weighted by atomic mass is 16.7. The van der Waals surface area contributed by atoms with Crippen molar-refractivity contribution in [2.75, 3.05) is 19.8 Å². The molecule has 0 amide bonds. The Morgan fingerprint density at radius 3 is 2.25 bits per heavy atom. The first-order chi connectivity index (χ1) is 7.61. The lowest BCUT2D eigenvalue weighted by Gasteiger charge is -2.39. The quantitative estimate of drug-likeness (QED) is 0.328. The van der Waals surface area contributed by atoms with Crippen LogP contribution >= 0.6 is 0 Å². The molecular weight excluding hydrogens is 220 g/mol. The zero-order valence-electron chi connectivity index (χ0n) is 8.77.